The number of hydrogen-bond acceptors (Lipinski definition) is 3. The lowest BCUT2D eigenvalue weighted by Crippen LogP contribution is -2.39. The second-order valence-corrected chi connectivity index (χ2v) is 5.12. The molecule has 1 aromatic rings. The van der Waals surface area contributed by atoms with Gasteiger partial charge in [-0.15, -0.1) is 0 Å². The van der Waals surface area contributed by atoms with E-state index in [1.54, 1.807) is 18.1 Å². The molecule has 1 aliphatic rings. The minimum atomic E-state index is -0.339. The van der Waals surface area contributed by atoms with E-state index in [0.717, 1.165) is 10.9 Å². The van der Waals surface area contributed by atoms with Crippen LogP contribution in [0.3, 0.4) is 0 Å². The first-order chi connectivity index (χ1) is 8.11. The van der Waals surface area contributed by atoms with Gasteiger partial charge in [0.15, 0.2) is 0 Å². The highest BCUT2D eigenvalue weighted by molar-refractivity contribution is 9.10. The second-order valence-electron chi connectivity index (χ2n) is 4.26. The highest BCUT2D eigenvalue weighted by atomic mass is 79.9. The van der Waals surface area contributed by atoms with Crippen molar-refractivity contribution in [1.29, 1.82) is 0 Å². The zero-order chi connectivity index (χ0) is 12.4. The van der Waals surface area contributed by atoms with Crippen LogP contribution in [0.2, 0.25) is 0 Å². The minimum absolute atomic E-state index is 0.0330. The fourth-order valence-corrected chi connectivity index (χ4v) is 2.45. The molecule has 1 fully saturated rings. The van der Waals surface area contributed by atoms with Crippen LogP contribution in [-0.2, 0) is 9.53 Å². The van der Waals surface area contributed by atoms with Gasteiger partial charge in [-0.2, -0.15) is 0 Å². The molecule has 0 N–H and O–H groups in total. The first-order valence-corrected chi connectivity index (χ1v) is 6.40. The van der Waals surface area contributed by atoms with E-state index in [0.29, 0.717) is 12.4 Å². The maximum Gasteiger partial charge on any atom is 0.257 e. The van der Waals surface area contributed by atoms with Gasteiger partial charge in [-0.3, -0.25) is 9.69 Å². The third kappa shape index (κ3) is 2.50. The van der Waals surface area contributed by atoms with Crippen LogP contribution in [0, 0.1) is 5.92 Å². The van der Waals surface area contributed by atoms with Gasteiger partial charge in [0.05, 0.1) is 4.47 Å². The molecule has 0 unspecified atom stereocenters. The van der Waals surface area contributed by atoms with Gasteiger partial charge in [0.25, 0.3) is 5.91 Å². The molecule has 1 saturated heterocycles. The number of carbonyl (C=O) groups is 1. The first-order valence-electron chi connectivity index (χ1n) is 5.61. The number of ether oxygens (including phenoxy) is 1. The Kier molecular flexibility index (Phi) is 3.79. The monoisotopic (exact) mass is 298 g/mol. The molecule has 1 amide bonds. The van der Waals surface area contributed by atoms with Crippen molar-refractivity contribution in [1.82, 2.24) is 4.98 Å². The minimum Gasteiger partial charge on any atom is -0.368 e. The molecule has 2 atom stereocenters. The van der Waals surface area contributed by atoms with Crippen molar-refractivity contribution in [2.75, 3.05) is 18.6 Å². The number of hydrogen-bond donors (Lipinski definition) is 0. The van der Waals surface area contributed by atoms with Crippen LogP contribution >= 0.6 is 15.9 Å². The van der Waals surface area contributed by atoms with Crippen molar-refractivity contribution < 1.29 is 9.53 Å². The third-order valence-electron chi connectivity index (χ3n) is 3.02. The zero-order valence-electron chi connectivity index (χ0n) is 9.89. The van der Waals surface area contributed by atoms with Crippen LogP contribution in [-0.4, -0.2) is 30.6 Å². The lowest BCUT2D eigenvalue weighted by atomic mass is 10.0. The van der Waals surface area contributed by atoms with E-state index < -0.39 is 0 Å². The molecule has 0 aliphatic carbocycles. The molecule has 5 heteroatoms. The summed E-state index contributed by atoms with van der Waals surface area (Å²) < 4.78 is 6.28. The van der Waals surface area contributed by atoms with Crippen molar-refractivity contribution in [3.63, 3.8) is 0 Å². The number of pyridine rings is 1. The molecular formula is C12H15BrN2O2. The average molecular weight is 299 g/mol. The van der Waals surface area contributed by atoms with E-state index in [1.165, 1.54) is 0 Å². The second kappa shape index (κ2) is 5.14. The summed E-state index contributed by atoms with van der Waals surface area (Å²) >= 11 is 3.39. The van der Waals surface area contributed by atoms with Crippen LogP contribution in [0.5, 0.6) is 0 Å². The quantitative estimate of drug-likeness (QED) is 0.841. The van der Waals surface area contributed by atoms with E-state index >= 15 is 0 Å². The molecule has 0 saturated carbocycles. The summed E-state index contributed by atoms with van der Waals surface area (Å²) in [6.45, 7) is 2.70. The topological polar surface area (TPSA) is 42.4 Å². The molecule has 2 heterocycles. The number of amides is 1. The first kappa shape index (κ1) is 12.5. The Bertz CT molecular complexity index is 425. The molecule has 0 bridgehead atoms. The fourth-order valence-electron chi connectivity index (χ4n) is 1.93. The van der Waals surface area contributed by atoms with E-state index in [1.807, 2.05) is 19.1 Å². The molecule has 1 aliphatic heterocycles. The number of likely N-dealkylation sites (N-methyl/N-ethyl adjacent to an activating group) is 1. The average Bonchev–Trinajstić information content (AvgIpc) is 2.74. The Morgan fingerprint density at radius 2 is 2.41 bits per heavy atom. The lowest BCUT2D eigenvalue weighted by Gasteiger charge is -2.22. The van der Waals surface area contributed by atoms with Gasteiger partial charge >= 0.3 is 0 Å². The Balaban J connectivity index is 2.17. The molecule has 0 aromatic carbocycles. The molecular weight excluding hydrogens is 284 g/mol. The van der Waals surface area contributed by atoms with Crippen molar-refractivity contribution in [3.05, 3.63) is 22.8 Å². The Labute approximate surface area is 109 Å². The summed E-state index contributed by atoms with van der Waals surface area (Å²) in [5.41, 5.74) is 0. The fraction of sp³-hybridized carbons (Fsp3) is 0.500. The molecule has 1 aromatic heterocycles. The van der Waals surface area contributed by atoms with E-state index in [2.05, 4.69) is 20.9 Å². The van der Waals surface area contributed by atoms with E-state index in [-0.39, 0.29) is 17.9 Å². The summed E-state index contributed by atoms with van der Waals surface area (Å²) in [6.07, 6.45) is 2.27. The number of aromatic nitrogens is 1. The number of carbonyl (C=O) groups excluding carboxylic acids is 1. The summed E-state index contributed by atoms with van der Waals surface area (Å²) in [4.78, 5) is 18.0. The normalized spacial score (nSPS) is 23.7. The number of anilines is 1. The Morgan fingerprint density at radius 3 is 3.00 bits per heavy atom. The zero-order valence-corrected chi connectivity index (χ0v) is 11.5. The van der Waals surface area contributed by atoms with Crippen molar-refractivity contribution in [2.24, 2.45) is 5.92 Å². The van der Waals surface area contributed by atoms with Gasteiger partial charge in [-0.25, -0.2) is 4.98 Å². The van der Waals surface area contributed by atoms with Crippen LogP contribution in [0.15, 0.2) is 22.8 Å². The smallest absolute Gasteiger partial charge is 0.257 e. The van der Waals surface area contributed by atoms with Gasteiger partial charge < -0.3 is 4.74 Å². The highest BCUT2D eigenvalue weighted by Gasteiger charge is 2.34. The van der Waals surface area contributed by atoms with Crippen LogP contribution in [0.1, 0.15) is 13.3 Å². The Morgan fingerprint density at radius 1 is 1.65 bits per heavy atom. The van der Waals surface area contributed by atoms with Crippen molar-refractivity contribution in [2.45, 2.75) is 19.4 Å². The number of halogens is 1. The maximum atomic E-state index is 12.2. The SMILES string of the molecule is C[C@@H]1CCO[C@@H]1C(=O)N(C)c1ncccc1Br. The van der Waals surface area contributed by atoms with Crippen molar-refractivity contribution in [3.8, 4) is 0 Å². The molecule has 2 rings (SSSR count). The van der Waals surface area contributed by atoms with Gasteiger partial charge in [-0.1, -0.05) is 6.92 Å². The number of rotatable bonds is 2. The summed E-state index contributed by atoms with van der Waals surface area (Å²) in [6, 6.07) is 3.69. The predicted octanol–water partition coefficient (Wildman–Crippen LogP) is 2.23. The molecule has 4 nitrogen and oxygen atoms in total. The maximum absolute atomic E-state index is 12.2. The third-order valence-corrected chi connectivity index (χ3v) is 3.64. The van der Waals surface area contributed by atoms with Gasteiger partial charge in [0.1, 0.15) is 11.9 Å². The molecule has 17 heavy (non-hydrogen) atoms. The summed E-state index contributed by atoms with van der Waals surface area (Å²) in [7, 11) is 1.73. The van der Waals surface area contributed by atoms with Crippen LogP contribution < -0.4 is 4.90 Å². The lowest BCUT2D eigenvalue weighted by molar-refractivity contribution is -0.128. The number of nitrogens with zero attached hydrogens (tertiary/aromatic N) is 2. The molecule has 0 radical (unpaired) electrons. The standard InChI is InChI=1S/C12H15BrN2O2/c1-8-5-7-17-10(8)12(16)15(2)11-9(13)4-3-6-14-11/h3-4,6,8,10H,5,7H2,1-2H3/t8-,10+/m1/s1. The predicted molar refractivity (Wildman–Crippen MR) is 68.9 cm³/mol. The van der Waals surface area contributed by atoms with Crippen molar-refractivity contribution >= 4 is 27.7 Å². The molecule has 0 spiro atoms. The largest absolute Gasteiger partial charge is 0.368 e. The highest BCUT2D eigenvalue weighted by Crippen LogP contribution is 2.26. The summed E-state index contributed by atoms with van der Waals surface area (Å²) in [5, 5.41) is 0. The van der Waals surface area contributed by atoms with E-state index in [4.69, 9.17) is 4.74 Å². The van der Waals surface area contributed by atoms with E-state index in [9.17, 15) is 4.79 Å². The van der Waals surface area contributed by atoms with Gasteiger partial charge in [0.2, 0.25) is 0 Å². The molecule has 92 valence electrons. The summed E-state index contributed by atoms with van der Waals surface area (Å²) in [5.74, 6) is 0.863. The van der Waals surface area contributed by atoms with Gasteiger partial charge in [-0.05, 0) is 40.4 Å². The van der Waals surface area contributed by atoms with Gasteiger partial charge in [0, 0.05) is 19.9 Å². The van der Waals surface area contributed by atoms with Crippen LogP contribution in [0.4, 0.5) is 5.82 Å². The van der Waals surface area contributed by atoms with Crippen LogP contribution in [0.25, 0.3) is 0 Å². The Hall–Kier alpha value is -0.940.